The van der Waals surface area contributed by atoms with Crippen molar-refractivity contribution < 1.29 is 33.1 Å². The van der Waals surface area contributed by atoms with Crippen LogP contribution in [0.2, 0.25) is 0 Å². The molecule has 1 rings (SSSR count). The molecule has 0 spiro atoms. The molecule has 0 radical (unpaired) electrons. The predicted molar refractivity (Wildman–Crippen MR) is 151 cm³/mol. The maximum absolute atomic E-state index is 11.5. The third-order valence-corrected chi connectivity index (χ3v) is 6.93. The van der Waals surface area contributed by atoms with Gasteiger partial charge in [0, 0.05) is 6.92 Å². The first-order chi connectivity index (χ1) is 17.9. The maximum Gasteiger partial charge on any atom is 0.329 e. The van der Waals surface area contributed by atoms with Crippen molar-refractivity contribution in [2.45, 2.75) is 103 Å². The van der Waals surface area contributed by atoms with E-state index in [4.69, 9.17) is 18.5 Å². The standard InChI is InChI=1S/C29H52NO6P/c1-5-6-7-8-9-10-11-12-13-14-17-27-18-20-28(21-19-27)33-24-29(36-26(2)31)25-35-37(32)34-23-16-15-22-30(3)4/h18-21,29,32H,5-17,22-25H2,1-4H3/p+1. The first kappa shape index (κ1) is 33.8. The summed E-state index contributed by atoms with van der Waals surface area (Å²) in [5.74, 6) is 0.299. The second kappa shape index (κ2) is 22.7. The minimum atomic E-state index is -2.01. The summed E-state index contributed by atoms with van der Waals surface area (Å²) in [6.45, 7) is 5.27. The van der Waals surface area contributed by atoms with E-state index in [9.17, 15) is 9.69 Å². The fraction of sp³-hybridized carbons (Fsp3) is 0.759. The predicted octanol–water partition coefficient (Wildman–Crippen LogP) is 5.64. The zero-order valence-electron chi connectivity index (χ0n) is 23.8. The Bertz CT molecular complexity index is 673. The molecule has 0 amide bonds. The lowest BCUT2D eigenvalue weighted by molar-refractivity contribution is -0.858. The topological polar surface area (TPSA) is 78.7 Å². The van der Waals surface area contributed by atoms with Gasteiger partial charge in [0.15, 0.2) is 6.10 Å². The highest BCUT2D eigenvalue weighted by molar-refractivity contribution is 7.40. The van der Waals surface area contributed by atoms with Crippen molar-refractivity contribution in [3.05, 3.63) is 29.8 Å². The van der Waals surface area contributed by atoms with E-state index >= 15 is 0 Å². The first-order valence-corrected chi connectivity index (χ1v) is 15.5. The van der Waals surface area contributed by atoms with Gasteiger partial charge < -0.3 is 28.3 Å². The Labute approximate surface area is 227 Å². The molecule has 37 heavy (non-hydrogen) atoms. The Morgan fingerprint density at radius 3 is 2.08 bits per heavy atom. The molecule has 0 aliphatic rings. The summed E-state index contributed by atoms with van der Waals surface area (Å²) in [7, 11) is 2.20. The molecule has 2 N–H and O–H groups in total. The van der Waals surface area contributed by atoms with Gasteiger partial charge in [-0.3, -0.25) is 4.79 Å². The fourth-order valence-electron chi connectivity index (χ4n) is 4.02. The van der Waals surface area contributed by atoms with Crippen LogP contribution in [0.5, 0.6) is 5.75 Å². The molecule has 2 atom stereocenters. The molecule has 2 unspecified atom stereocenters. The van der Waals surface area contributed by atoms with E-state index in [0.717, 1.165) is 31.6 Å². The summed E-state index contributed by atoms with van der Waals surface area (Å²) < 4.78 is 21.8. The fourth-order valence-corrected chi connectivity index (χ4v) is 4.67. The normalized spacial score (nSPS) is 13.0. The van der Waals surface area contributed by atoms with Gasteiger partial charge in [-0.2, -0.15) is 0 Å². The molecule has 1 aromatic rings. The van der Waals surface area contributed by atoms with Gasteiger partial charge in [-0.25, -0.2) is 0 Å². The molecule has 0 aliphatic heterocycles. The highest BCUT2D eigenvalue weighted by Gasteiger charge is 2.17. The van der Waals surface area contributed by atoms with Gasteiger partial charge in [-0.1, -0.05) is 76.8 Å². The molecule has 0 aliphatic carbocycles. The minimum absolute atomic E-state index is 0.0143. The van der Waals surface area contributed by atoms with Gasteiger partial charge in [0.05, 0.1) is 33.9 Å². The van der Waals surface area contributed by atoms with E-state index in [1.807, 2.05) is 12.1 Å². The highest BCUT2D eigenvalue weighted by atomic mass is 31.2. The number of ether oxygens (including phenoxy) is 2. The molecule has 8 heteroatoms. The van der Waals surface area contributed by atoms with Gasteiger partial charge in [-0.15, -0.1) is 0 Å². The summed E-state index contributed by atoms with van der Waals surface area (Å²) in [4.78, 5) is 22.8. The number of rotatable bonds is 24. The lowest BCUT2D eigenvalue weighted by Crippen LogP contribution is -3.05. The van der Waals surface area contributed by atoms with E-state index in [1.54, 1.807) is 0 Å². The first-order valence-electron chi connectivity index (χ1n) is 14.3. The minimum Gasteiger partial charge on any atom is -0.490 e. The van der Waals surface area contributed by atoms with E-state index < -0.39 is 20.7 Å². The van der Waals surface area contributed by atoms with Crippen LogP contribution < -0.4 is 9.64 Å². The molecule has 0 heterocycles. The number of hydrogen-bond acceptors (Lipinski definition) is 6. The zero-order chi connectivity index (χ0) is 27.1. The number of esters is 1. The van der Waals surface area contributed by atoms with Crippen LogP contribution in [-0.4, -0.2) is 57.4 Å². The van der Waals surface area contributed by atoms with Gasteiger partial charge >= 0.3 is 14.6 Å². The van der Waals surface area contributed by atoms with Crippen LogP contribution in [0.25, 0.3) is 0 Å². The van der Waals surface area contributed by atoms with Gasteiger partial charge in [0.2, 0.25) is 0 Å². The third-order valence-electron chi connectivity index (χ3n) is 6.15. The van der Waals surface area contributed by atoms with Crippen LogP contribution in [0, 0.1) is 0 Å². The summed E-state index contributed by atoms with van der Waals surface area (Å²) in [5.41, 5.74) is 1.31. The number of benzene rings is 1. The Morgan fingerprint density at radius 2 is 1.49 bits per heavy atom. The average molecular weight is 543 g/mol. The van der Waals surface area contributed by atoms with E-state index in [2.05, 4.69) is 33.2 Å². The summed E-state index contributed by atoms with van der Waals surface area (Å²) in [6, 6.07) is 8.10. The number of carbonyl (C=O) groups excluding carboxylic acids is 1. The van der Waals surface area contributed by atoms with Crippen LogP contribution in [-0.2, 0) is 25.0 Å². The van der Waals surface area contributed by atoms with Crippen LogP contribution in [0.4, 0.5) is 0 Å². The van der Waals surface area contributed by atoms with Crippen molar-refractivity contribution in [1.29, 1.82) is 0 Å². The number of nitrogens with one attached hydrogen (secondary N) is 1. The molecule has 7 nitrogen and oxygen atoms in total. The number of quaternary nitrogens is 1. The lowest BCUT2D eigenvalue weighted by atomic mass is 10.0. The van der Waals surface area contributed by atoms with E-state index in [-0.39, 0.29) is 13.2 Å². The molecule has 1 aromatic carbocycles. The number of aryl methyl sites for hydroxylation is 1. The second-order valence-electron chi connectivity index (χ2n) is 10.1. The van der Waals surface area contributed by atoms with E-state index in [1.165, 1.54) is 81.6 Å². The van der Waals surface area contributed by atoms with Crippen molar-refractivity contribution in [1.82, 2.24) is 0 Å². The lowest BCUT2D eigenvalue weighted by Gasteiger charge is -2.19. The van der Waals surface area contributed by atoms with Crippen molar-refractivity contribution in [3.8, 4) is 5.75 Å². The van der Waals surface area contributed by atoms with Crippen molar-refractivity contribution in [2.24, 2.45) is 0 Å². The highest BCUT2D eigenvalue weighted by Crippen LogP contribution is 2.33. The Balaban J connectivity index is 2.23. The van der Waals surface area contributed by atoms with Gasteiger partial charge in [0.1, 0.15) is 12.4 Å². The molecule has 0 aromatic heterocycles. The van der Waals surface area contributed by atoms with Crippen LogP contribution >= 0.6 is 8.60 Å². The Hall–Kier alpha value is -1.24. The smallest absolute Gasteiger partial charge is 0.329 e. The van der Waals surface area contributed by atoms with Gasteiger partial charge in [-0.05, 0) is 43.4 Å². The summed E-state index contributed by atoms with van der Waals surface area (Å²) in [5, 5.41) is 0. The largest absolute Gasteiger partial charge is 0.490 e. The molecular formula is C29H53NO6P+. The summed E-state index contributed by atoms with van der Waals surface area (Å²) >= 11 is 0. The Morgan fingerprint density at radius 1 is 0.865 bits per heavy atom. The molecule has 0 bridgehead atoms. The monoisotopic (exact) mass is 542 g/mol. The van der Waals surface area contributed by atoms with Crippen LogP contribution in [0.1, 0.15) is 96.5 Å². The average Bonchev–Trinajstić information content (AvgIpc) is 2.87. The van der Waals surface area contributed by atoms with Crippen molar-refractivity contribution >= 4 is 14.6 Å². The zero-order valence-corrected chi connectivity index (χ0v) is 24.7. The second-order valence-corrected chi connectivity index (χ2v) is 11.1. The van der Waals surface area contributed by atoms with E-state index in [0.29, 0.717) is 6.61 Å². The Kier molecular flexibility index (Phi) is 20.7. The molecule has 0 saturated carbocycles. The number of unbranched alkanes of at least 4 members (excludes halogenated alkanes) is 10. The van der Waals surface area contributed by atoms with Crippen LogP contribution in [0.15, 0.2) is 24.3 Å². The van der Waals surface area contributed by atoms with Crippen molar-refractivity contribution in [3.63, 3.8) is 0 Å². The molecular weight excluding hydrogens is 489 g/mol. The van der Waals surface area contributed by atoms with Crippen LogP contribution in [0.3, 0.4) is 0 Å². The maximum atomic E-state index is 11.5. The summed E-state index contributed by atoms with van der Waals surface area (Å²) in [6.07, 6.45) is 15.8. The number of carbonyl (C=O) groups is 1. The quantitative estimate of drug-likeness (QED) is 0.100. The molecule has 0 saturated heterocycles. The molecule has 0 fully saturated rings. The third kappa shape index (κ3) is 20.4. The number of hydrogen-bond donors (Lipinski definition) is 2. The van der Waals surface area contributed by atoms with Gasteiger partial charge in [0.25, 0.3) is 0 Å². The molecule has 214 valence electrons. The SMILES string of the molecule is CCCCCCCCCCCCc1ccc(OCC(COP(O)OCCCC[NH+](C)C)OC(C)=O)cc1. The van der Waals surface area contributed by atoms with Crippen molar-refractivity contribution in [2.75, 3.05) is 40.5 Å².